The second kappa shape index (κ2) is 6.38. The van der Waals surface area contributed by atoms with Gasteiger partial charge >= 0.3 is 5.97 Å². The quantitative estimate of drug-likeness (QED) is 0.898. The van der Waals surface area contributed by atoms with Crippen LogP contribution in [0.3, 0.4) is 0 Å². The second-order valence-electron chi connectivity index (χ2n) is 6.27. The highest BCUT2D eigenvalue weighted by Gasteiger charge is 2.34. The van der Waals surface area contributed by atoms with Crippen LogP contribution < -0.4 is 0 Å². The summed E-state index contributed by atoms with van der Waals surface area (Å²) in [5, 5.41) is 9.51. The molecule has 110 valence electrons. The monoisotopic (exact) mass is 278 g/mol. The van der Waals surface area contributed by atoms with Crippen molar-refractivity contribution in [2.24, 2.45) is 23.7 Å². The number of aliphatic carboxylic acids is 1. The molecule has 2 nitrogen and oxygen atoms in total. The highest BCUT2D eigenvalue weighted by molar-refractivity contribution is 5.70. The van der Waals surface area contributed by atoms with E-state index >= 15 is 0 Å². The van der Waals surface area contributed by atoms with Crippen molar-refractivity contribution in [2.75, 3.05) is 0 Å². The summed E-state index contributed by atoms with van der Waals surface area (Å²) in [6, 6.07) is 6.50. The number of benzene rings is 1. The van der Waals surface area contributed by atoms with Crippen LogP contribution in [-0.4, -0.2) is 11.1 Å². The maximum atomic E-state index is 13.7. The number of carboxylic acid groups (broad SMARTS) is 1. The third kappa shape index (κ3) is 3.38. The van der Waals surface area contributed by atoms with Gasteiger partial charge in [0.05, 0.1) is 5.92 Å². The Morgan fingerprint density at radius 2 is 2.00 bits per heavy atom. The fourth-order valence-electron chi connectivity index (χ4n) is 3.31. The molecule has 0 heterocycles. The third-order valence-electron chi connectivity index (χ3n) is 4.92. The van der Waals surface area contributed by atoms with E-state index in [1.807, 2.05) is 0 Å². The first kappa shape index (κ1) is 15.0. The van der Waals surface area contributed by atoms with Gasteiger partial charge in [-0.15, -0.1) is 0 Å². The zero-order valence-corrected chi connectivity index (χ0v) is 12.2. The van der Waals surface area contributed by atoms with E-state index in [4.69, 9.17) is 0 Å². The van der Waals surface area contributed by atoms with E-state index in [1.54, 1.807) is 18.2 Å². The van der Waals surface area contributed by atoms with Crippen molar-refractivity contribution >= 4 is 5.97 Å². The zero-order chi connectivity index (χ0) is 14.7. The number of rotatable bonds is 4. The molecule has 20 heavy (non-hydrogen) atoms. The molecule has 3 heteroatoms. The standard InChI is InChI=1S/C17H23FO2/c1-11-7-8-13(9-12(11)2)15(17(19)20)10-14-5-3-4-6-16(14)18/h3-6,11-13,15H,7-10H2,1-2H3,(H,19,20). The summed E-state index contributed by atoms with van der Waals surface area (Å²) in [7, 11) is 0. The average Bonchev–Trinajstić information content (AvgIpc) is 2.41. The van der Waals surface area contributed by atoms with Crippen molar-refractivity contribution in [2.45, 2.75) is 39.5 Å². The molecule has 1 fully saturated rings. The third-order valence-corrected chi connectivity index (χ3v) is 4.92. The van der Waals surface area contributed by atoms with Gasteiger partial charge in [0.2, 0.25) is 0 Å². The first-order chi connectivity index (χ1) is 9.49. The summed E-state index contributed by atoms with van der Waals surface area (Å²) >= 11 is 0. The second-order valence-corrected chi connectivity index (χ2v) is 6.27. The van der Waals surface area contributed by atoms with Gasteiger partial charge in [0.25, 0.3) is 0 Å². The minimum Gasteiger partial charge on any atom is -0.481 e. The molecule has 0 saturated heterocycles. The minimum atomic E-state index is -0.792. The Morgan fingerprint density at radius 3 is 2.60 bits per heavy atom. The molecular weight excluding hydrogens is 255 g/mol. The zero-order valence-electron chi connectivity index (χ0n) is 12.2. The van der Waals surface area contributed by atoms with Gasteiger partial charge in [-0.2, -0.15) is 0 Å². The van der Waals surface area contributed by atoms with Crippen LogP contribution in [0.2, 0.25) is 0 Å². The Hall–Kier alpha value is -1.38. The largest absolute Gasteiger partial charge is 0.481 e. The van der Waals surface area contributed by atoms with Gasteiger partial charge in [-0.05, 0) is 48.6 Å². The van der Waals surface area contributed by atoms with E-state index < -0.39 is 11.9 Å². The molecule has 1 aliphatic rings. The van der Waals surface area contributed by atoms with E-state index in [0.29, 0.717) is 23.8 Å². The van der Waals surface area contributed by atoms with Crippen LogP contribution in [0.25, 0.3) is 0 Å². The van der Waals surface area contributed by atoms with Crippen LogP contribution in [0.4, 0.5) is 4.39 Å². The fraction of sp³-hybridized carbons (Fsp3) is 0.588. The van der Waals surface area contributed by atoms with Crippen LogP contribution in [0, 0.1) is 29.5 Å². The van der Waals surface area contributed by atoms with Gasteiger partial charge in [0.1, 0.15) is 5.82 Å². The smallest absolute Gasteiger partial charge is 0.307 e. The summed E-state index contributed by atoms with van der Waals surface area (Å²) in [5.41, 5.74) is 0.520. The highest BCUT2D eigenvalue weighted by atomic mass is 19.1. The number of halogens is 1. The van der Waals surface area contributed by atoms with Crippen molar-refractivity contribution in [3.8, 4) is 0 Å². The fourth-order valence-corrected chi connectivity index (χ4v) is 3.31. The van der Waals surface area contributed by atoms with E-state index in [-0.39, 0.29) is 11.7 Å². The van der Waals surface area contributed by atoms with Gasteiger partial charge in [0.15, 0.2) is 0 Å². The summed E-state index contributed by atoms with van der Waals surface area (Å²) in [6.45, 7) is 4.42. The van der Waals surface area contributed by atoms with Gasteiger partial charge in [-0.25, -0.2) is 4.39 Å². The molecule has 0 spiro atoms. The summed E-state index contributed by atoms with van der Waals surface area (Å²) in [6.07, 6.45) is 3.25. The van der Waals surface area contributed by atoms with E-state index in [1.165, 1.54) is 6.07 Å². The van der Waals surface area contributed by atoms with Gasteiger partial charge in [-0.1, -0.05) is 38.5 Å². The SMILES string of the molecule is CC1CCC(C(Cc2ccccc2F)C(=O)O)CC1C. The molecule has 4 atom stereocenters. The Morgan fingerprint density at radius 1 is 1.30 bits per heavy atom. The normalized spacial score (nSPS) is 28.1. The van der Waals surface area contributed by atoms with E-state index in [0.717, 1.165) is 19.3 Å². The van der Waals surface area contributed by atoms with Crippen molar-refractivity contribution in [3.05, 3.63) is 35.6 Å². The maximum Gasteiger partial charge on any atom is 0.307 e. The lowest BCUT2D eigenvalue weighted by Gasteiger charge is -2.35. The van der Waals surface area contributed by atoms with Crippen LogP contribution in [0.15, 0.2) is 24.3 Å². The topological polar surface area (TPSA) is 37.3 Å². The Bertz CT molecular complexity index is 472. The molecule has 0 radical (unpaired) electrons. The molecule has 1 aromatic carbocycles. The van der Waals surface area contributed by atoms with Crippen molar-refractivity contribution < 1.29 is 14.3 Å². The molecule has 0 aromatic heterocycles. The van der Waals surface area contributed by atoms with Crippen LogP contribution in [-0.2, 0) is 11.2 Å². The molecule has 1 aromatic rings. The van der Waals surface area contributed by atoms with Gasteiger partial charge in [-0.3, -0.25) is 4.79 Å². The first-order valence-electron chi connectivity index (χ1n) is 7.45. The van der Waals surface area contributed by atoms with Gasteiger partial charge < -0.3 is 5.11 Å². The number of hydrogen-bond acceptors (Lipinski definition) is 1. The number of carboxylic acids is 1. The Labute approximate surface area is 120 Å². The molecule has 0 aliphatic heterocycles. The molecule has 0 amide bonds. The first-order valence-corrected chi connectivity index (χ1v) is 7.45. The summed E-state index contributed by atoms with van der Waals surface area (Å²) < 4.78 is 13.7. The molecule has 1 aliphatic carbocycles. The lowest BCUT2D eigenvalue weighted by Crippen LogP contribution is -2.32. The number of carbonyl (C=O) groups is 1. The highest BCUT2D eigenvalue weighted by Crippen LogP contribution is 2.38. The molecule has 2 rings (SSSR count). The predicted octanol–water partition coefficient (Wildman–Crippen LogP) is 4.14. The molecule has 4 unspecified atom stereocenters. The lowest BCUT2D eigenvalue weighted by atomic mass is 9.70. The Kier molecular flexibility index (Phi) is 4.79. The van der Waals surface area contributed by atoms with Crippen LogP contribution in [0.1, 0.15) is 38.7 Å². The molecule has 0 bridgehead atoms. The van der Waals surface area contributed by atoms with Crippen LogP contribution in [0.5, 0.6) is 0 Å². The lowest BCUT2D eigenvalue weighted by molar-refractivity contribution is -0.144. The Balaban J connectivity index is 2.12. The van der Waals surface area contributed by atoms with Crippen molar-refractivity contribution in [1.82, 2.24) is 0 Å². The number of hydrogen-bond donors (Lipinski definition) is 1. The average molecular weight is 278 g/mol. The maximum absolute atomic E-state index is 13.7. The van der Waals surface area contributed by atoms with Crippen molar-refractivity contribution in [1.29, 1.82) is 0 Å². The molecule has 1 saturated carbocycles. The molecule has 1 N–H and O–H groups in total. The summed E-state index contributed by atoms with van der Waals surface area (Å²) in [4.78, 5) is 11.6. The minimum absolute atomic E-state index is 0.165. The predicted molar refractivity (Wildman–Crippen MR) is 76.9 cm³/mol. The van der Waals surface area contributed by atoms with E-state index in [2.05, 4.69) is 13.8 Å². The van der Waals surface area contributed by atoms with Crippen LogP contribution >= 0.6 is 0 Å². The summed E-state index contributed by atoms with van der Waals surface area (Å²) in [5.74, 6) is -0.179. The van der Waals surface area contributed by atoms with E-state index in [9.17, 15) is 14.3 Å². The van der Waals surface area contributed by atoms with Crippen molar-refractivity contribution in [3.63, 3.8) is 0 Å². The van der Waals surface area contributed by atoms with Gasteiger partial charge in [0, 0.05) is 0 Å². The molecular formula is C17H23FO2.